The molecule has 0 bridgehead atoms. The summed E-state index contributed by atoms with van der Waals surface area (Å²) in [5, 5.41) is 9.08. The molecule has 0 aliphatic heterocycles. The molecule has 0 saturated heterocycles. The van der Waals surface area contributed by atoms with Gasteiger partial charge < -0.3 is 14.6 Å². The number of carbonyl (C=O) groups is 1. The Balaban J connectivity index is 2.26. The number of benzene rings is 1. The Kier molecular flexibility index (Phi) is 5.16. The fourth-order valence-electron chi connectivity index (χ4n) is 1.73. The van der Waals surface area contributed by atoms with Gasteiger partial charge in [-0.15, -0.1) is 0 Å². The third-order valence-corrected chi connectivity index (χ3v) is 3.25. The molecule has 0 aliphatic rings. The zero-order valence-electron chi connectivity index (χ0n) is 11.4. The van der Waals surface area contributed by atoms with Crippen LogP contribution in [-0.4, -0.2) is 22.7 Å². The van der Waals surface area contributed by atoms with E-state index in [1.807, 2.05) is 19.1 Å². The van der Waals surface area contributed by atoms with E-state index in [-0.39, 0.29) is 5.56 Å². The molecule has 5 nitrogen and oxygen atoms in total. The van der Waals surface area contributed by atoms with Gasteiger partial charge in [0.05, 0.1) is 16.6 Å². The first-order chi connectivity index (χ1) is 10.1. The summed E-state index contributed by atoms with van der Waals surface area (Å²) >= 11 is 3.33. The van der Waals surface area contributed by atoms with Crippen molar-refractivity contribution < 1.29 is 19.4 Å². The van der Waals surface area contributed by atoms with Gasteiger partial charge >= 0.3 is 5.97 Å². The molecule has 0 aliphatic carbocycles. The lowest BCUT2D eigenvalue weighted by Gasteiger charge is -2.14. The molecular weight excluding hydrogens is 338 g/mol. The number of carboxylic acid groups (broad SMARTS) is 1. The topological polar surface area (TPSA) is 68.7 Å². The summed E-state index contributed by atoms with van der Waals surface area (Å²) < 4.78 is 11.7. The van der Waals surface area contributed by atoms with Gasteiger partial charge in [0.15, 0.2) is 11.5 Å². The Morgan fingerprint density at radius 2 is 2.19 bits per heavy atom. The second kappa shape index (κ2) is 7.08. The Morgan fingerprint density at radius 3 is 2.81 bits per heavy atom. The number of hydrogen-bond donors (Lipinski definition) is 1. The van der Waals surface area contributed by atoms with E-state index in [1.54, 1.807) is 12.4 Å². The number of pyridine rings is 1. The van der Waals surface area contributed by atoms with Gasteiger partial charge in [-0.3, -0.25) is 4.98 Å². The van der Waals surface area contributed by atoms with E-state index in [2.05, 4.69) is 20.9 Å². The predicted molar refractivity (Wildman–Crippen MR) is 80.8 cm³/mol. The van der Waals surface area contributed by atoms with E-state index in [4.69, 9.17) is 14.6 Å². The minimum Gasteiger partial charge on any atom is -0.490 e. The largest absolute Gasteiger partial charge is 0.490 e. The van der Waals surface area contributed by atoms with Gasteiger partial charge in [0.1, 0.15) is 6.61 Å². The quantitative estimate of drug-likeness (QED) is 0.862. The number of aromatic nitrogens is 1. The Labute approximate surface area is 130 Å². The Hall–Kier alpha value is -2.08. The highest BCUT2D eigenvalue weighted by molar-refractivity contribution is 9.10. The number of rotatable bonds is 6. The van der Waals surface area contributed by atoms with Crippen LogP contribution in [0.25, 0.3) is 0 Å². The van der Waals surface area contributed by atoms with E-state index in [0.29, 0.717) is 29.2 Å². The first-order valence-corrected chi connectivity index (χ1v) is 7.12. The molecule has 6 heteroatoms. The van der Waals surface area contributed by atoms with Crippen LogP contribution < -0.4 is 9.47 Å². The molecule has 1 aromatic heterocycles. The molecule has 0 spiro atoms. The van der Waals surface area contributed by atoms with Gasteiger partial charge in [-0.2, -0.15) is 0 Å². The first kappa shape index (κ1) is 15.3. The van der Waals surface area contributed by atoms with Crippen molar-refractivity contribution in [1.82, 2.24) is 4.98 Å². The average Bonchev–Trinajstić information content (AvgIpc) is 2.47. The maximum atomic E-state index is 11.1. The molecular formula is C15H14BrNO4. The van der Waals surface area contributed by atoms with Gasteiger partial charge in [0.25, 0.3) is 0 Å². The molecule has 1 N–H and O–H groups in total. The Morgan fingerprint density at radius 1 is 1.38 bits per heavy atom. The molecule has 1 aromatic carbocycles. The standard InChI is InChI=1S/C15H14BrNO4/c1-2-20-13-7-11(15(18)19)6-12(16)14(13)21-9-10-4-3-5-17-8-10/h3-8H,2,9H2,1H3,(H,18,19). The number of ether oxygens (including phenoxy) is 2. The number of hydrogen-bond acceptors (Lipinski definition) is 4. The molecule has 21 heavy (non-hydrogen) atoms. The van der Waals surface area contributed by atoms with Crippen LogP contribution in [0, 0.1) is 0 Å². The van der Waals surface area contributed by atoms with Crippen molar-refractivity contribution in [2.24, 2.45) is 0 Å². The molecule has 0 saturated carbocycles. The number of halogens is 1. The summed E-state index contributed by atoms with van der Waals surface area (Å²) in [7, 11) is 0. The van der Waals surface area contributed by atoms with Crippen molar-refractivity contribution in [3.05, 3.63) is 52.3 Å². The lowest BCUT2D eigenvalue weighted by atomic mass is 10.2. The summed E-state index contributed by atoms with van der Waals surface area (Å²) in [4.78, 5) is 15.1. The highest BCUT2D eigenvalue weighted by atomic mass is 79.9. The maximum Gasteiger partial charge on any atom is 0.335 e. The predicted octanol–water partition coefficient (Wildman–Crippen LogP) is 3.52. The number of aromatic carboxylic acids is 1. The van der Waals surface area contributed by atoms with Gasteiger partial charge in [0.2, 0.25) is 0 Å². The van der Waals surface area contributed by atoms with Crippen LogP contribution in [0.4, 0.5) is 0 Å². The summed E-state index contributed by atoms with van der Waals surface area (Å²) in [6.45, 7) is 2.56. The number of nitrogens with zero attached hydrogens (tertiary/aromatic N) is 1. The average molecular weight is 352 g/mol. The highest BCUT2D eigenvalue weighted by Crippen LogP contribution is 2.37. The van der Waals surface area contributed by atoms with Crippen molar-refractivity contribution in [3.63, 3.8) is 0 Å². The summed E-state index contributed by atoms with van der Waals surface area (Å²) in [5.74, 6) is -0.144. The van der Waals surface area contributed by atoms with Crippen LogP contribution in [0.3, 0.4) is 0 Å². The van der Waals surface area contributed by atoms with Crippen LogP contribution in [0.1, 0.15) is 22.8 Å². The molecule has 0 unspecified atom stereocenters. The minimum atomic E-state index is -1.02. The molecule has 2 rings (SSSR count). The van der Waals surface area contributed by atoms with E-state index >= 15 is 0 Å². The second-order valence-corrected chi connectivity index (χ2v) is 5.03. The minimum absolute atomic E-state index is 0.138. The molecule has 0 radical (unpaired) electrons. The summed E-state index contributed by atoms with van der Waals surface area (Å²) in [5.41, 5.74) is 1.05. The van der Waals surface area contributed by atoms with Crippen molar-refractivity contribution in [2.75, 3.05) is 6.61 Å². The van der Waals surface area contributed by atoms with Gasteiger partial charge in [-0.05, 0) is 41.1 Å². The van der Waals surface area contributed by atoms with E-state index in [0.717, 1.165) is 5.56 Å². The van der Waals surface area contributed by atoms with Crippen molar-refractivity contribution in [1.29, 1.82) is 0 Å². The molecule has 110 valence electrons. The highest BCUT2D eigenvalue weighted by Gasteiger charge is 2.15. The lowest BCUT2D eigenvalue weighted by Crippen LogP contribution is -2.04. The SMILES string of the molecule is CCOc1cc(C(=O)O)cc(Br)c1OCc1cccnc1. The maximum absolute atomic E-state index is 11.1. The van der Waals surface area contributed by atoms with E-state index in [9.17, 15) is 4.79 Å². The van der Waals surface area contributed by atoms with E-state index in [1.165, 1.54) is 12.1 Å². The summed E-state index contributed by atoms with van der Waals surface area (Å²) in [6, 6.07) is 6.66. The van der Waals surface area contributed by atoms with Crippen molar-refractivity contribution >= 4 is 21.9 Å². The molecule has 0 amide bonds. The van der Waals surface area contributed by atoms with Crippen molar-refractivity contribution in [2.45, 2.75) is 13.5 Å². The van der Waals surface area contributed by atoms with Crippen molar-refractivity contribution in [3.8, 4) is 11.5 Å². The van der Waals surface area contributed by atoms with Crippen LogP contribution in [0.15, 0.2) is 41.1 Å². The van der Waals surface area contributed by atoms with Crippen LogP contribution >= 0.6 is 15.9 Å². The van der Waals surface area contributed by atoms with Gasteiger partial charge in [-0.25, -0.2) is 4.79 Å². The second-order valence-electron chi connectivity index (χ2n) is 4.17. The molecule has 2 aromatic rings. The lowest BCUT2D eigenvalue weighted by molar-refractivity contribution is 0.0696. The Bertz CT molecular complexity index is 631. The fourth-order valence-corrected chi connectivity index (χ4v) is 2.29. The smallest absolute Gasteiger partial charge is 0.335 e. The van der Waals surface area contributed by atoms with Gasteiger partial charge in [0, 0.05) is 18.0 Å². The van der Waals surface area contributed by atoms with E-state index < -0.39 is 5.97 Å². The van der Waals surface area contributed by atoms with Crippen LogP contribution in [-0.2, 0) is 6.61 Å². The zero-order valence-corrected chi connectivity index (χ0v) is 13.0. The molecule has 0 fully saturated rings. The van der Waals surface area contributed by atoms with Gasteiger partial charge in [-0.1, -0.05) is 6.07 Å². The fraction of sp³-hybridized carbons (Fsp3) is 0.200. The zero-order chi connectivity index (χ0) is 15.2. The normalized spacial score (nSPS) is 10.2. The van der Waals surface area contributed by atoms with Crippen LogP contribution in [0.5, 0.6) is 11.5 Å². The monoisotopic (exact) mass is 351 g/mol. The van der Waals surface area contributed by atoms with Crippen LogP contribution in [0.2, 0.25) is 0 Å². The first-order valence-electron chi connectivity index (χ1n) is 6.33. The molecule has 0 atom stereocenters. The summed E-state index contributed by atoms with van der Waals surface area (Å²) in [6.07, 6.45) is 3.40. The third-order valence-electron chi connectivity index (χ3n) is 2.66. The number of carboxylic acids is 1. The molecule has 1 heterocycles. The third kappa shape index (κ3) is 3.95.